The first-order chi connectivity index (χ1) is 21.7. The van der Waals surface area contributed by atoms with Crippen molar-refractivity contribution in [3.05, 3.63) is 81.7 Å². The number of likely N-dealkylation sites (tertiary alicyclic amines) is 2. The lowest BCUT2D eigenvalue weighted by molar-refractivity contribution is -0.154. The van der Waals surface area contributed by atoms with Crippen LogP contribution in [0.15, 0.2) is 59.4 Å². The molecule has 0 amide bonds. The Kier molecular flexibility index (Phi) is 4.77. The third-order valence-electron chi connectivity index (χ3n) is 12.9. The van der Waals surface area contributed by atoms with Crippen LogP contribution in [0.1, 0.15) is 35.1 Å². The number of phenolic OH excluding ortho intramolecular Hbond substituents is 1. The number of carbonyl (C=O) groups is 1. The highest BCUT2D eigenvalue weighted by Crippen LogP contribution is 2.67. The standard InChI is InChI=1S/C36H36N2O7/c1-37-12-11-35-28-18-5-8-23(39)30(28)44-33(35)29(40)19(15-36(35,41)26(37)14-18)22-16-34-20-7-10-25(43-4)32(34)45-31-24(42-3)9-6-17(27(31)34)13-21(20)38(22)2/h5-10,15,21-22,26,32-33,39,41H,11-14,16H2,1-4H3/t21-,22+,26-,32+,33+,34+,35+,36-/m1/s1. The number of hydrogen-bond donors (Lipinski definition) is 2. The summed E-state index contributed by atoms with van der Waals surface area (Å²) in [5.74, 6) is 2.46. The molecule has 2 aromatic carbocycles. The fourth-order valence-corrected chi connectivity index (χ4v) is 11.0. The lowest BCUT2D eigenvalue weighted by atomic mass is 9.49. The van der Waals surface area contributed by atoms with Crippen LogP contribution in [-0.4, -0.2) is 96.6 Å². The second-order valence-corrected chi connectivity index (χ2v) is 14.3. The normalized spacial score (nSPS) is 39.5. The number of methoxy groups -OCH3 is 2. The number of rotatable bonds is 3. The molecule has 232 valence electrons. The van der Waals surface area contributed by atoms with E-state index in [4.69, 9.17) is 18.9 Å². The quantitative estimate of drug-likeness (QED) is 0.545. The average molecular weight is 609 g/mol. The van der Waals surface area contributed by atoms with Crippen molar-refractivity contribution in [2.45, 2.75) is 72.4 Å². The Morgan fingerprint density at radius 1 is 0.933 bits per heavy atom. The molecule has 2 fully saturated rings. The molecule has 2 aromatic rings. The Morgan fingerprint density at radius 3 is 2.51 bits per heavy atom. The van der Waals surface area contributed by atoms with Gasteiger partial charge in [0.05, 0.1) is 25.0 Å². The van der Waals surface area contributed by atoms with Gasteiger partial charge in [0.1, 0.15) is 11.4 Å². The van der Waals surface area contributed by atoms with E-state index >= 15 is 0 Å². The molecule has 0 aromatic heterocycles. The second kappa shape index (κ2) is 8.13. The zero-order chi connectivity index (χ0) is 30.8. The highest BCUT2D eigenvalue weighted by molar-refractivity contribution is 6.04. The van der Waals surface area contributed by atoms with Gasteiger partial charge in [-0.2, -0.15) is 0 Å². The molecule has 4 heterocycles. The Bertz CT molecular complexity index is 1860. The van der Waals surface area contributed by atoms with E-state index in [2.05, 4.69) is 36.0 Å². The zero-order valence-corrected chi connectivity index (χ0v) is 25.8. The van der Waals surface area contributed by atoms with Crippen molar-refractivity contribution in [2.75, 3.05) is 34.9 Å². The summed E-state index contributed by atoms with van der Waals surface area (Å²) in [6.07, 6.45) is 7.33. The van der Waals surface area contributed by atoms with E-state index < -0.39 is 28.6 Å². The number of nitrogens with zero attached hydrogens (tertiary/aromatic N) is 2. The summed E-state index contributed by atoms with van der Waals surface area (Å²) < 4.78 is 25.0. The minimum Gasteiger partial charge on any atom is -0.504 e. The number of likely N-dealkylation sites (N-methyl/N-ethyl adjacent to an activating group) is 2. The van der Waals surface area contributed by atoms with E-state index in [9.17, 15) is 15.0 Å². The molecule has 2 N–H and O–H groups in total. The maximum absolute atomic E-state index is 14.9. The molecular weight excluding hydrogens is 572 g/mol. The van der Waals surface area contributed by atoms with Crippen LogP contribution in [0.25, 0.3) is 0 Å². The summed E-state index contributed by atoms with van der Waals surface area (Å²) >= 11 is 0. The molecule has 2 saturated heterocycles. The number of ether oxygens (including phenoxy) is 4. The summed E-state index contributed by atoms with van der Waals surface area (Å²) in [5, 5.41) is 24.0. The van der Waals surface area contributed by atoms with Gasteiger partial charge in [0, 0.05) is 34.8 Å². The third kappa shape index (κ3) is 2.67. The smallest absolute Gasteiger partial charge is 0.201 e. The fraction of sp³-hybridized carbons (Fsp3) is 0.472. The molecule has 9 heteroatoms. The van der Waals surface area contributed by atoms with Gasteiger partial charge >= 0.3 is 0 Å². The summed E-state index contributed by atoms with van der Waals surface area (Å²) in [4.78, 5) is 19.5. The van der Waals surface area contributed by atoms with Crippen molar-refractivity contribution in [1.29, 1.82) is 0 Å². The van der Waals surface area contributed by atoms with E-state index in [1.807, 2.05) is 24.3 Å². The maximum atomic E-state index is 14.9. The first-order valence-corrected chi connectivity index (χ1v) is 16.0. The number of aromatic hydroxyl groups is 1. The molecular formula is C36H36N2O7. The minimum absolute atomic E-state index is 0.0152. The SMILES string of the molecule is COC1=CC=C2[C@H]3Cc4ccc(OC)c5c4[C@@]2(C[C@@H](C2=C[C@@]4(O)[C@H]6Cc7ccc(O)c8c7[C@@]4(CCN6C)[C@@H](O8)C2=O)N3C)[C@H]1O5. The van der Waals surface area contributed by atoms with Gasteiger partial charge in [-0.25, -0.2) is 0 Å². The molecule has 8 aliphatic rings. The van der Waals surface area contributed by atoms with Gasteiger partial charge < -0.3 is 29.2 Å². The van der Waals surface area contributed by atoms with Crippen molar-refractivity contribution in [1.82, 2.24) is 9.80 Å². The van der Waals surface area contributed by atoms with E-state index in [1.54, 1.807) is 20.3 Å². The Morgan fingerprint density at radius 2 is 1.71 bits per heavy atom. The first kappa shape index (κ1) is 26.4. The van der Waals surface area contributed by atoms with Crippen LogP contribution in [0.2, 0.25) is 0 Å². The number of hydrogen-bond acceptors (Lipinski definition) is 9. The van der Waals surface area contributed by atoms with Crippen molar-refractivity contribution < 1.29 is 34.0 Å². The van der Waals surface area contributed by atoms with Gasteiger partial charge in [-0.3, -0.25) is 14.6 Å². The lowest BCUT2D eigenvalue weighted by Gasteiger charge is -2.62. The van der Waals surface area contributed by atoms with Gasteiger partial charge in [-0.05, 0) is 87.3 Å². The molecule has 0 radical (unpaired) electrons. The van der Waals surface area contributed by atoms with E-state index in [-0.39, 0.29) is 29.7 Å². The zero-order valence-electron chi connectivity index (χ0n) is 25.8. The number of phenols is 1. The van der Waals surface area contributed by atoms with E-state index in [0.29, 0.717) is 36.3 Å². The Labute approximate surface area is 261 Å². The van der Waals surface area contributed by atoms with Gasteiger partial charge in [0.25, 0.3) is 0 Å². The van der Waals surface area contributed by atoms with Crippen LogP contribution in [-0.2, 0) is 33.2 Å². The molecule has 0 unspecified atom stereocenters. The van der Waals surface area contributed by atoms with Crippen molar-refractivity contribution in [3.63, 3.8) is 0 Å². The first-order valence-electron chi connectivity index (χ1n) is 16.0. The van der Waals surface area contributed by atoms with E-state index in [0.717, 1.165) is 41.2 Å². The van der Waals surface area contributed by atoms with Crippen LogP contribution >= 0.6 is 0 Å². The molecule has 8 atom stereocenters. The number of ketones is 1. The van der Waals surface area contributed by atoms with Crippen LogP contribution in [0.3, 0.4) is 0 Å². The van der Waals surface area contributed by atoms with Gasteiger partial charge in [0.2, 0.25) is 5.78 Å². The largest absolute Gasteiger partial charge is 0.504 e. The van der Waals surface area contributed by atoms with Gasteiger partial charge in [0.15, 0.2) is 35.2 Å². The van der Waals surface area contributed by atoms with Crippen molar-refractivity contribution in [2.24, 2.45) is 0 Å². The average Bonchev–Trinajstić information content (AvgIpc) is 3.57. The molecule has 4 bridgehead atoms. The highest BCUT2D eigenvalue weighted by atomic mass is 16.6. The van der Waals surface area contributed by atoms with Gasteiger partial charge in [-0.15, -0.1) is 0 Å². The summed E-state index contributed by atoms with van der Waals surface area (Å²) in [5.41, 5.74) is 3.21. The number of carbonyl (C=O) groups excluding carboxylic acids is 1. The number of allylic oxidation sites excluding steroid dienone is 2. The molecule has 0 saturated carbocycles. The van der Waals surface area contributed by atoms with Crippen LogP contribution in [0.5, 0.6) is 23.0 Å². The third-order valence-corrected chi connectivity index (χ3v) is 12.9. The monoisotopic (exact) mass is 608 g/mol. The highest BCUT2D eigenvalue weighted by Gasteiger charge is 2.74. The molecule has 4 aliphatic heterocycles. The summed E-state index contributed by atoms with van der Waals surface area (Å²) in [7, 11) is 7.50. The number of aliphatic hydroxyl groups is 1. The predicted molar refractivity (Wildman–Crippen MR) is 163 cm³/mol. The van der Waals surface area contributed by atoms with Crippen LogP contribution < -0.4 is 14.2 Å². The van der Waals surface area contributed by atoms with Gasteiger partial charge in [-0.1, -0.05) is 18.2 Å². The maximum Gasteiger partial charge on any atom is 0.201 e. The molecule has 2 spiro atoms. The predicted octanol–water partition coefficient (Wildman–Crippen LogP) is 2.70. The van der Waals surface area contributed by atoms with Crippen LogP contribution in [0.4, 0.5) is 0 Å². The van der Waals surface area contributed by atoms with Crippen molar-refractivity contribution >= 4 is 5.78 Å². The Hall–Kier alpha value is -3.79. The summed E-state index contributed by atoms with van der Waals surface area (Å²) in [6, 6.07) is 7.20. The molecule has 10 rings (SSSR count). The van der Waals surface area contributed by atoms with Crippen molar-refractivity contribution in [3.8, 4) is 23.0 Å². The minimum atomic E-state index is -1.35. The molecule has 9 nitrogen and oxygen atoms in total. The number of piperidine rings is 2. The number of benzene rings is 2. The number of Topliss-reactive ketones (excluding diaryl/α,β-unsaturated/α-hetero) is 1. The Balaban J connectivity index is 1.18. The van der Waals surface area contributed by atoms with E-state index in [1.165, 1.54) is 11.1 Å². The summed E-state index contributed by atoms with van der Waals surface area (Å²) in [6.45, 7) is 0.729. The lowest BCUT2D eigenvalue weighted by Crippen LogP contribution is -2.76. The van der Waals surface area contributed by atoms with Crippen LogP contribution in [0, 0.1) is 0 Å². The fourth-order valence-electron chi connectivity index (χ4n) is 11.0. The topological polar surface area (TPSA) is 101 Å². The molecule has 4 aliphatic carbocycles. The molecule has 45 heavy (non-hydrogen) atoms. The second-order valence-electron chi connectivity index (χ2n) is 14.3.